The fraction of sp³-hybridized carbons (Fsp3) is 0.214. The molecule has 0 aliphatic carbocycles. The van der Waals surface area contributed by atoms with Crippen molar-refractivity contribution in [2.75, 3.05) is 27.4 Å². The van der Waals surface area contributed by atoms with E-state index in [1.165, 1.54) is 7.11 Å². The number of halogens is 2. The van der Waals surface area contributed by atoms with E-state index in [0.29, 0.717) is 57.5 Å². The zero-order chi connectivity index (χ0) is 37.2. The van der Waals surface area contributed by atoms with Crippen LogP contribution in [-0.4, -0.2) is 56.8 Å². The van der Waals surface area contributed by atoms with Gasteiger partial charge < -0.3 is 23.4 Å². The summed E-state index contributed by atoms with van der Waals surface area (Å²) in [6, 6.07) is 32.8. The van der Waals surface area contributed by atoms with E-state index in [4.69, 9.17) is 24.2 Å². The lowest BCUT2D eigenvalue weighted by atomic mass is 10.0. The summed E-state index contributed by atoms with van der Waals surface area (Å²) in [7, 11) is -0.0600. The number of esters is 1. The van der Waals surface area contributed by atoms with E-state index in [1.54, 1.807) is 49.6 Å². The molecule has 1 aliphatic rings. The number of unbranched alkanes of at least 4 members (excludes halogenated alkanes) is 3. The third kappa shape index (κ3) is 8.92. The molecule has 2 heterocycles. The maximum Gasteiger partial charge on any atom is 0.679 e. The van der Waals surface area contributed by atoms with Crippen molar-refractivity contribution in [3.8, 4) is 39.6 Å². The lowest BCUT2D eigenvalue weighted by Gasteiger charge is -2.12. The Labute approximate surface area is 308 Å². The van der Waals surface area contributed by atoms with Crippen molar-refractivity contribution in [3.63, 3.8) is 0 Å². The lowest BCUT2D eigenvalue weighted by Crippen LogP contribution is -2.14. The average molecular weight is 716 g/mol. The smallest absolute Gasteiger partial charge is 0.497 e. The molecule has 4 aromatic carbocycles. The monoisotopic (exact) mass is 715 g/mol. The number of aromatic nitrogens is 1. The highest BCUT2D eigenvalue weighted by molar-refractivity contribution is 6.43. The minimum Gasteiger partial charge on any atom is -0.497 e. The number of rotatable bonds is 16. The van der Waals surface area contributed by atoms with Crippen LogP contribution in [0.3, 0.4) is 0 Å². The van der Waals surface area contributed by atoms with Gasteiger partial charge in [-0.25, -0.2) is 14.8 Å². The van der Waals surface area contributed by atoms with Crippen LogP contribution in [0.25, 0.3) is 28.0 Å². The SMILES string of the molecule is CCCCCCOc1ccc(-c2cc(-c3ccc(OC)cc3)c(N=C3N=C(c4ccccc4)C=C3c3ccc(OCC(=O)OC)cc3)n2B(F)F)cc1. The highest BCUT2D eigenvalue weighted by atomic mass is 19.2. The van der Waals surface area contributed by atoms with Crippen LogP contribution in [0.4, 0.5) is 14.4 Å². The van der Waals surface area contributed by atoms with Crippen LogP contribution >= 0.6 is 0 Å². The standard InChI is InChI=1S/C42H40BF2N3O5/c1-4-5-6-10-25-52-34-23-17-32(18-24-34)39-27-37(30-13-19-33(50-2)20-14-30)42(48(39)43(44)45)47-41-36(26-38(46-41)31-11-8-7-9-12-31)29-15-21-35(22-16-29)53-28-40(49)51-3/h7-9,11-24,26-27H,4-6,10,25,28H2,1-3H3. The van der Waals surface area contributed by atoms with Gasteiger partial charge in [0, 0.05) is 22.4 Å². The summed E-state index contributed by atoms with van der Waals surface area (Å²) < 4.78 is 53.2. The van der Waals surface area contributed by atoms with Crippen LogP contribution in [0.5, 0.6) is 17.2 Å². The summed E-state index contributed by atoms with van der Waals surface area (Å²) in [5, 5.41) is 0. The first-order valence-electron chi connectivity index (χ1n) is 17.5. The number of carbonyl (C=O) groups is 1. The number of hydrogen-bond donors (Lipinski definition) is 0. The van der Waals surface area contributed by atoms with E-state index >= 15 is 8.63 Å². The van der Waals surface area contributed by atoms with Gasteiger partial charge in [-0.05, 0) is 83.8 Å². The predicted octanol–water partition coefficient (Wildman–Crippen LogP) is 9.73. The molecule has 1 aliphatic heterocycles. The molecule has 0 spiro atoms. The molecular formula is C42H40BF2N3O5. The molecule has 53 heavy (non-hydrogen) atoms. The van der Waals surface area contributed by atoms with Crippen LogP contribution in [0, 0.1) is 0 Å². The number of aliphatic imine (C=N–C) groups is 2. The quantitative estimate of drug-likeness (QED) is 0.0577. The molecule has 0 unspecified atom stereocenters. The number of methoxy groups -OCH3 is 2. The first-order chi connectivity index (χ1) is 25.9. The average Bonchev–Trinajstić information content (AvgIpc) is 3.80. The second kappa shape index (κ2) is 17.5. The van der Waals surface area contributed by atoms with Gasteiger partial charge in [0.1, 0.15) is 23.1 Å². The Kier molecular flexibility index (Phi) is 12.2. The van der Waals surface area contributed by atoms with Crippen LogP contribution in [-0.2, 0) is 9.53 Å². The Morgan fingerprint density at radius 3 is 2.04 bits per heavy atom. The maximum atomic E-state index is 15.4. The molecule has 1 aromatic heterocycles. The Balaban J connectivity index is 1.45. The predicted molar refractivity (Wildman–Crippen MR) is 207 cm³/mol. The zero-order valence-electron chi connectivity index (χ0n) is 29.9. The largest absolute Gasteiger partial charge is 0.679 e. The van der Waals surface area contributed by atoms with Crippen LogP contribution in [0.15, 0.2) is 125 Å². The van der Waals surface area contributed by atoms with E-state index in [9.17, 15) is 4.79 Å². The van der Waals surface area contributed by atoms with Crippen molar-refractivity contribution in [1.29, 1.82) is 0 Å². The Bertz CT molecular complexity index is 2090. The van der Waals surface area contributed by atoms with Gasteiger partial charge in [-0.1, -0.05) is 80.8 Å². The third-order valence-corrected chi connectivity index (χ3v) is 8.80. The van der Waals surface area contributed by atoms with Crippen LogP contribution in [0.2, 0.25) is 0 Å². The summed E-state index contributed by atoms with van der Waals surface area (Å²) >= 11 is 0. The molecule has 270 valence electrons. The second-order valence-corrected chi connectivity index (χ2v) is 12.3. The summed E-state index contributed by atoms with van der Waals surface area (Å²) in [6.07, 6.45) is 6.25. The first kappa shape index (κ1) is 36.8. The number of ether oxygens (including phenoxy) is 4. The van der Waals surface area contributed by atoms with Gasteiger partial charge in [0.25, 0.3) is 0 Å². The molecule has 0 saturated heterocycles. The van der Waals surface area contributed by atoms with Crippen molar-refractivity contribution in [3.05, 3.63) is 126 Å². The Morgan fingerprint density at radius 2 is 1.40 bits per heavy atom. The summed E-state index contributed by atoms with van der Waals surface area (Å²) in [6.45, 7) is 2.53. The fourth-order valence-electron chi connectivity index (χ4n) is 5.97. The van der Waals surface area contributed by atoms with E-state index in [1.807, 2.05) is 72.8 Å². The van der Waals surface area contributed by atoms with Gasteiger partial charge in [-0.15, -0.1) is 0 Å². The van der Waals surface area contributed by atoms with Crippen LogP contribution < -0.4 is 14.2 Å². The number of carbonyl (C=O) groups excluding carboxylic acids is 1. The summed E-state index contributed by atoms with van der Waals surface area (Å²) in [4.78, 5) is 21.4. The highest BCUT2D eigenvalue weighted by Crippen LogP contribution is 2.41. The molecule has 11 heteroatoms. The van der Waals surface area contributed by atoms with Gasteiger partial charge in [0.05, 0.1) is 26.5 Å². The molecule has 0 amide bonds. The van der Waals surface area contributed by atoms with Crippen molar-refractivity contribution in [2.45, 2.75) is 32.6 Å². The molecule has 0 saturated carbocycles. The van der Waals surface area contributed by atoms with Gasteiger partial charge in [0.15, 0.2) is 12.4 Å². The Hall–Kier alpha value is -5.97. The summed E-state index contributed by atoms with van der Waals surface area (Å²) in [5.74, 6) is 1.60. The number of hydrogen-bond acceptors (Lipinski definition) is 6. The van der Waals surface area contributed by atoms with E-state index in [2.05, 4.69) is 11.7 Å². The van der Waals surface area contributed by atoms with Gasteiger partial charge in [-0.3, -0.25) is 8.63 Å². The van der Waals surface area contributed by atoms with Crippen molar-refractivity contribution < 1.29 is 32.4 Å². The van der Waals surface area contributed by atoms with E-state index < -0.39 is 13.4 Å². The molecule has 6 rings (SSSR count). The van der Waals surface area contributed by atoms with Gasteiger partial charge in [-0.2, -0.15) is 0 Å². The van der Waals surface area contributed by atoms with Crippen LogP contribution in [0.1, 0.15) is 43.7 Å². The number of benzene rings is 4. The summed E-state index contributed by atoms with van der Waals surface area (Å²) in [5.41, 5.74) is 4.91. The maximum absolute atomic E-state index is 15.4. The Morgan fingerprint density at radius 1 is 0.755 bits per heavy atom. The molecule has 0 radical (unpaired) electrons. The minimum atomic E-state index is -2.93. The van der Waals surface area contributed by atoms with Crippen molar-refractivity contribution in [2.24, 2.45) is 9.98 Å². The third-order valence-electron chi connectivity index (χ3n) is 8.80. The number of allylic oxidation sites excluding steroid dienone is 1. The minimum absolute atomic E-state index is 0.0495. The molecule has 0 bridgehead atoms. The van der Waals surface area contributed by atoms with E-state index in [0.717, 1.165) is 41.3 Å². The van der Waals surface area contributed by atoms with Crippen molar-refractivity contribution in [1.82, 2.24) is 4.48 Å². The van der Waals surface area contributed by atoms with Crippen molar-refractivity contribution >= 4 is 36.3 Å². The molecule has 8 nitrogen and oxygen atoms in total. The van der Waals surface area contributed by atoms with Gasteiger partial charge in [0.2, 0.25) is 0 Å². The number of nitrogens with zero attached hydrogens (tertiary/aromatic N) is 3. The normalized spacial score (nSPS) is 13.0. The molecule has 5 aromatic rings. The highest BCUT2D eigenvalue weighted by Gasteiger charge is 2.30. The molecule has 0 fully saturated rings. The van der Waals surface area contributed by atoms with Gasteiger partial charge >= 0.3 is 13.4 Å². The first-order valence-corrected chi connectivity index (χ1v) is 17.5. The fourth-order valence-corrected chi connectivity index (χ4v) is 5.97. The lowest BCUT2D eigenvalue weighted by molar-refractivity contribution is -0.142. The zero-order valence-corrected chi connectivity index (χ0v) is 29.9. The second-order valence-electron chi connectivity index (χ2n) is 12.3. The topological polar surface area (TPSA) is 83.6 Å². The number of amidine groups is 1. The van der Waals surface area contributed by atoms with E-state index in [-0.39, 0.29) is 18.3 Å². The molecular weight excluding hydrogens is 675 g/mol. The molecule has 0 N–H and O–H groups in total. The molecule has 0 atom stereocenters.